The Morgan fingerprint density at radius 1 is 0.671 bits per heavy atom. The second kappa shape index (κ2) is 32.6. The smallest absolute Gasteiger partial charge is 0.306 e. The van der Waals surface area contributed by atoms with E-state index in [1.54, 1.807) is 87.5 Å². The molecule has 9 N–H and O–H groups in total. The van der Waals surface area contributed by atoms with Crippen molar-refractivity contribution < 1.29 is 47.1 Å². The summed E-state index contributed by atoms with van der Waals surface area (Å²) in [6.07, 6.45) is 11.9. The maximum atomic E-state index is 14.2. The highest BCUT2D eigenvalue weighted by Crippen LogP contribution is 2.35. The Bertz CT molecular complexity index is 2510. The van der Waals surface area contributed by atoms with Gasteiger partial charge in [0.05, 0.1) is 33.6 Å². The molecule has 0 spiro atoms. The molecule has 76 heavy (non-hydrogen) atoms. The molecule has 414 valence electrons. The van der Waals surface area contributed by atoms with Crippen molar-refractivity contribution in [3.05, 3.63) is 102 Å². The summed E-state index contributed by atoms with van der Waals surface area (Å²) in [6, 6.07) is 21.3. The zero-order valence-electron chi connectivity index (χ0n) is 44.3. The molecule has 1 aliphatic carbocycles. The van der Waals surface area contributed by atoms with E-state index in [-0.39, 0.29) is 66.3 Å². The van der Waals surface area contributed by atoms with Crippen LogP contribution in [-0.4, -0.2) is 116 Å². The van der Waals surface area contributed by atoms with Crippen LogP contribution in [0.5, 0.6) is 0 Å². The quantitative estimate of drug-likeness (QED) is 0.0130. The molecule has 5 rings (SSSR count). The van der Waals surface area contributed by atoms with Gasteiger partial charge in [0.1, 0.15) is 12.1 Å². The average Bonchev–Trinajstić information content (AvgIpc) is 4.02. The summed E-state index contributed by atoms with van der Waals surface area (Å²) >= 11 is 0. The molecule has 20 heteroatoms. The first-order valence-corrected chi connectivity index (χ1v) is 28.1. The molecule has 1 unspecified atom stereocenters. The number of nitrogens with two attached hydrogens (primary N) is 2. The molecule has 1 fully saturated rings. The standard InChI is InChI=1S/C48H63N7O8S.C8H16N2O2/c1-34(49)50-29-18-28-41(45(58)54-42(33-35-19-8-6-9-20-35)43(56)46(59)51-30-31-52-64(62,63)37-23-10-7-11-24-37)53-44(57)38(36-21-13-14-22-36)25-12-4-2-3-5-17-32-55-47(60)39-26-15-16-27-40(39)48(55)61;1-6(8(11)12)4-3-5-10-7(2)9/h6-11,15-16,19-20,23-24,26-27,36,38,41-42,52H,2-5,12-14,17-18,21-22,25,28-33H2,1H3,(H2,49,50)(H,51,59)(H,53,57)(H,54,58);6H,3-5H2,1-2H3,(H2,9,10)(H,11,12)/t38?,41-,42-;6-/m01/s1. The molecule has 0 saturated heterocycles. The summed E-state index contributed by atoms with van der Waals surface area (Å²) in [5, 5.41) is 16.8. The minimum Gasteiger partial charge on any atom is -0.481 e. The predicted octanol–water partition coefficient (Wildman–Crippen LogP) is 5.72. The molecule has 19 nitrogen and oxygen atoms in total. The number of imide groups is 1. The van der Waals surface area contributed by atoms with Crippen LogP contribution in [0.1, 0.15) is 143 Å². The van der Waals surface area contributed by atoms with E-state index in [1.165, 1.54) is 17.0 Å². The number of carboxylic acids is 1. The largest absolute Gasteiger partial charge is 0.481 e. The van der Waals surface area contributed by atoms with Crippen molar-refractivity contribution in [1.82, 2.24) is 25.6 Å². The van der Waals surface area contributed by atoms with Crippen molar-refractivity contribution in [3.63, 3.8) is 0 Å². The van der Waals surface area contributed by atoms with Crippen molar-refractivity contribution in [1.29, 1.82) is 0 Å². The highest BCUT2D eigenvalue weighted by atomic mass is 32.2. The van der Waals surface area contributed by atoms with Crippen LogP contribution in [0.25, 0.3) is 0 Å². The molecule has 4 atom stereocenters. The number of fused-ring (bicyclic) bond motifs is 1. The van der Waals surface area contributed by atoms with Gasteiger partial charge in [-0.1, -0.05) is 113 Å². The summed E-state index contributed by atoms with van der Waals surface area (Å²) in [6.45, 7) is 6.08. The number of unbranched alkanes of at least 4 members (excludes halogenated alkanes) is 5. The topological polar surface area (TPSA) is 302 Å². The molecule has 3 aromatic rings. The zero-order valence-corrected chi connectivity index (χ0v) is 45.2. The third kappa shape index (κ3) is 21.1. The van der Waals surface area contributed by atoms with Crippen LogP contribution in [0, 0.1) is 17.8 Å². The molecular formula is C56H79N9O10S. The van der Waals surface area contributed by atoms with Crippen LogP contribution in [-0.2, 0) is 40.4 Å². The van der Waals surface area contributed by atoms with E-state index in [0.717, 1.165) is 70.6 Å². The fourth-order valence-corrected chi connectivity index (χ4v) is 10.3. The third-order valence-electron chi connectivity index (χ3n) is 13.4. The van der Waals surface area contributed by atoms with E-state index in [2.05, 4.69) is 30.7 Å². The third-order valence-corrected chi connectivity index (χ3v) is 14.9. The lowest BCUT2D eigenvalue weighted by Crippen LogP contribution is -2.55. The highest BCUT2D eigenvalue weighted by Gasteiger charge is 2.36. The maximum absolute atomic E-state index is 14.2. The van der Waals surface area contributed by atoms with Crippen LogP contribution in [0.3, 0.4) is 0 Å². The normalized spacial score (nSPS) is 15.4. The summed E-state index contributed by atoms with van der Waals surface area (Å²) in [5.41, 5.74) is 12.7. The number of aliphatic carboxylic acids is 1. The number of sulfonamides is 1. The fourth-order valence-electron chi connectivity index (χ4n) is 9.22. The minimum absolute atomic E-state index is 0.00423. The van der Waals surface area contributed by atoms with Gasteiger partial charge in [-0.25, -0.2) is 13.1 Å². The Balaban J connectivity index is 0.000000922. The first-order valence-electron chi connectivity index (χ1n) is 26.6. The molecule has 1 heterocycles. The minimum atomic E-state index is -3.83. The average molecular weight is 1070 g/mol. The lowest BCUT2D eigenvalue weighted by atomic mass is 9.85. The molecule has 2 aliphatic rings. The number of rotatable bonds is 32. The molecule has 1 aliphatic heterocycles. The van der Waals surface area contributed by atoms with Gasteiger partial charge in [-0.2, -0.15) is 0 Å². The van der Waals surface area contributed by atoms with E-state index in [9.17, 15) is 42.0 Å². The van der Waals surface area contributed by atoms with Crippen LogP contribution in [0.15, 0.2) is 99.8 Å². The van der Waals surface area contributed by atoms with Crippen molar-refractivity contribution in [2.45, 2.75) is 140 Å². The number of nitrogens with zero attached hydrogens (tertiary/aromatic N) is 3. The van der Waals surface area contributed by atoms with Gasteiger partial charge in [0, 0.05) is 45.1 Å². The number of benzene rings is 3. The summed E-state index contributed by atoms with van der Waals surface area (Å²) < 4.78 is 27.6. The Morgan fingerprint density at radius 2 is 1.20 bits per heavy atom. The number of amides is 5. The number of carboxylic acid groups (broad SMARTS) is 1. The molecule has 0 aromatic heterocycles. The SMILES string of the molecule is CC(N)=NCCC[C@@H](C)C(=O)O.CC(N)=NCCC[C@H](NC(=O)C(CCCCCCCCN1C(=O)c2ccccc2C1=O)C1CCCC1)C(=O)N[C@@H](Cc1ccccc1)C(=O)C(=O)NCCNS(=O)(=O)c1ccccc1. The van der Waals surface area contributed by atoms with Gasteiger partial charge in [0.25, 0.3) is 17.7 Å². The number of aliphatic imine (C=N–C) groups is 2. The second-order valence-electron chi connectivity index (χ2n) is 19.6. The summed E-state index contributed by atoms with van der Waals surface area (Å²) in [4.78, 5) is 101. The number of carbonyl (C=O) groups is 7. The molecule has 0 bridgehead atoms. The Morgan fingerprint density at radius 3 is 1.78 bits per heavy atom. The fraction of sp³-hybridized carbons (Fsp3) is 0.518. The van der Waals surface area contributed by atoms with E-state index < -0.39 is 45.7 Å². The summed E-state index contributed by atoms with van der Waals surface area (Å²) in [5.74, 6) is -3.40. The number of amidine groups is 2. The number of ketones is 1. The lowest BCUT2D eigenvalue weighted by molar-refractivity contribution is -0.141. The van der Waals surface area contributed by atoms with Gasteiger partial charge in [0.2, 0.25) is 27.6 Å². The Hall–Kier alpha value is -6.80. The van der Waals surface area contributed by atoms with Crippen molar-refractivity contribution in [2.24, 2.45) is 39.2 Å². The van der Waals surface area contributed by atoms with E-state index in [4.69, 9.17) is 16.6 Å². The molecule has 1 saturated carbocycles. The predicted molar refractivity (Wildman–Crippen MR) is 293 cm³/mol. The van der Waals surface area contributed by atoms with Gasteiger partial charge in [-0.15, -0.1) is 0 Å². The highest BCUT2D eigenvalue weighted by molar-refractivity contribution is 7.89. The van der Waals surface area contributed by atoms with Gasteiger partial charge in [-0.3, -0.25) is 48.4 Å². The number of carbonyl (C=O) groups excluding carboxylic acids is 6. The second-order valence-corrected chi connectivity index (χ2v) is 21.3. The lowest BCUT2D eigenvalue weighted by Gasteiger charge is -2.27. The van der Waals surface area contributed by atoms with Crippen molar-refractivity contribution >= 4 is 63.0 Å². The van der Waals surface area contributed by atoms with Gasteiger partial charge >= 0.3 is 5.97 Å². The van der Waals surface area contributed by atoms with Crippen LogP contribution in [0.2, 0.25) is 0 Å². The number of nitrogens with one attached hydrogen (secondary N) is 4. The molecular weight excluding hydrogens is 991 g/mol. The molecule has 0 radical (unpaired) electrons. The van der Waals surface area contributed by atoms with E-state index >= 15 is 0 Å². The first kappa shape index (κ1) is 61.7. The van der Waals surface area contributed by atoms with Crippen molar-refractivity contribution in [2.75, 3.05) is 32.7 Å². The first-order chi connectivity index (χ1) is 36.4. The van der Waals surface area contributed by atoms with Crippen LogP contribution >= 0.6 is 0 Å². The van der Waals surface area contributed by atoms with E-state index in [1.807, 2.05) is 6.07 Å². The van der Waals surface area contributed by atoms with Gasteiger partial charge in [0.15, 0.2) is 0 Å². The Labute approximate surface area is 448 Å². The number of hydrogen-bond donors (Lipinski definition) is 7. The van der Waals surface area contributed by atoms with Crippen LogP contribution in [0.4, 0.5) is 0 Å². The number of hydrogen-bond acceptors (Lipinski definition) is 11. The summed E-state index contributed by atoms with van der Waals surface area (Å²) in [7, 11) is -3.83. The number of Topliss-reactive ketones (excluding diaryl/α,β-unsaturated/α-hetero) is 1. The maximum Gasteiger partial charge on any atom is 0.306 e. The molecule has 5 amide bonds. The zero-order chi connectivity index (χ0) is 55.5. The van der Waals surface area contributed by atoms with Gasteiger partial charge < -0.3 is 32.5 Å². The van der Waals surface area contributed by atoms with E-state index in [0.29, 0.717) is 67.3 Å². The van der Waals surface area contributed by atoms with Crippen LogP contribution < -0.4 is 32.1 Å². The van der Waals surface area contributed by atoms with Crippen molar-refractivity contribution in [3.8, 4) is 0 Å². The van der Waals surface area contributed by atoms with Gasteiger partial charge in [-0.05, 0) is 101 Å². The Kier molecular flexibility index (Phi) is 26.5. The monoisotopic (exact) mass is 1070 g/mol. The molecule has 3 aromatic carbocycles.